The molecule has 0 aromatic rings. The van der Waals surface area contributed by atoms with Crippen LogP contribution in [0.4, 0.5) is 0 Å². The van der Waals surface area contributed by atoms with Gasteiger partial charge in [-0.3, -0.25) is 4.79 Å². The number of ether oxygens (including phenoxy) is 1. The molecule has 0 aromatic heterocycles. The van der Waals surface area contributed by atoms with Crippen LogP contribution in [0, 0.1) is 0 Å². The van der Waals surface area contributed by atoms with E-state index in [1.54, 1.807) is 0 Å². The number of hydrogen-bond donors (Lipinski definition) is 1. The summed E-state index contributed by atoms with van der Waals surface area (Å²) in [5.74, 6) is -0.173. The SMILES string of the molecule is CCCCOC(=O)C(S)CCC. The van der Waals surface area contributed by atoms with Crippen LogP contribution in [0.3, 0.4) is 0 Å². The predicted molar refractivity (Wildman–Crippen MR) is 53.5 cm³/mol. The van der Waals surface area contributed by atoms with Gasteiger partial charge in [0.15, 0.2) is 0 Å². The highest BCUT2D eigenvalue weighted by Gasteiger charge is 2.13. The summed E-state index contributed by atoms with van der Waals surface area (Å²) in [5.41, 5.74) is 0. The lowest BCUT2D eigenvalue weighted by atomic mass is 10.2. The van der Waals surface area contributed by atoms with Gasteiger partial charge in [-0.15, -0.1) is 0 Å². The molecule has 0 heterocycles. The number of thiol groups is 1. The molecule has 0 amide bonds. The van der Waals surface area contributed by atoms with Crippen molar-refractivity contribution in [2.75, 3.05) is 6.61 Å². The molecule has 72 valence electrons. The summed E-state index contributed by atoms with van der Waals surface area (Å²) in [7, 11) is 0. The summed E-state index contributed by atoms with van der Waals surface area (Å²) in [6, 6.07) is 0. The first-order chi connectivity index (χ1) is 5.72. The molecule has 2 nitrogen and oxygen atoms in total. The number of unbranched alkanes of at least 4 members (excludes halogenated alkanes) is 1. The molecule has 1 unspecified atom stereocenters. The molecule has 0 aliphatic heterocycles. The van der Waals surface area contributed by atoms with Crippen molar-refractivity contribution < 1.29 is 9.53 Å². The summed E-state index contributed by atoms with van der Waals surface area (Å²) < 4.78 is 4.98. The highest BCUT2D eigenvalue weighted by atomic mass is 32.1. The lowest BCUT2D eigenvalue weighted by Gasteiger charge is -2.08. The van der Waals surface area contributed by atoms with Crippen LogP contribution in [-0.4, -0.2) is 17.8 Å². The maximum Gasteiger partial charge on any atom is 0.318 e. The van der Waals surface area contributed by atoms with Crippen LogP contribution in [0.15, 0.2) is 0 Å². The molecule has 0 fully saturated rings. The number of carbonyl (C=O) groups is 1. The lowest BCUT2D eigenvalue weighted by Crippen LogP contribution is -2.18. The minimum absolute atomic E-state index is 0.173. The third-order valence-corrected chi connectivity index (χ3v) is 2.05. The van der Waals surface area contributed by atoms with Crippen LogP contribution in [0.25, 0.3) is 0 Å². The summed E-state index contributed by atoms with van der Waals surface area (Å²) in [5, 5.41) is -0.230. The Bertz CT molecular complexity index is 126. The van der Waals surface area contributed by atoms with Gasteiger partial charge in [0.2, 0.25) is 0 Å². The Morgan fingerprint density at radius 2 is 2.08 bits per heavy atom. The molecule has 0 spiro atoms. The summed E-state index contributed by atoms with van der Waals surface area (Å²) in [4.78, 5) is 11.1. The molecule has 0 rings (SSSR count). The Hall–Kier alpha value is -0.180. The minimum Gasteiger partial charge on any atom is -0.465 e. The van der Waals surface area contributed by atoms with E-state index in [2.05, 4.69) is 19.6 Å². The fourth-order valence-electron chi connectivity index (χ4n) is 0.805. The van der Waals surface area contributed by atoms with E-state index < -0.39 is 0 Å². The smallest absolute Gasteiger partial charge is 0.318 e. The Morgan fingerprint density at radius 1 is 1.42 bits per heavy atom. The van der Waals surface area contributed by atoms with E-state index in [1.807, 2.05) is 6.92 Å². The van der Waals surface area contributed by atoms with Gasteiger partial charge in [0.1, 0.15) is 0 Å². The van der Waals surface area contributed by atoms with E-state index in [1.165, 1.54) is 0 Å². The maximum atomic E-state index is 11.1. The summed E-state index contributed by atoms with van der Waals surface area (Å²) in [6.45, 7) is 4.64. The summed E-state index contributed by atoms with van der Waals surface area (Å²) >= 11 is 4.13. The van der Waals surface area contributed by atoms with Crippen molar-refractivity contribution >= 4 is 18.6 Å². The van der Waals surface area contributed by atoms with Gasteiger partial charge in [0.25, 0.3) is 0 Å². The maximum absolute atomic E-state index is 11.1. The highest BCUT2D eigenvalue weighted by molar-refractivity contribution is 7.81. The van der Waals surface area contributed by atoms with Gasteiger partial charge in [0.05, 0.1) is 11.9 Å². The average molecular weight is 190 g/mol. The third-order valence-electron chi connectivity index (χ3n) is 1.58. The summed E-state index contributed by atoms with van der Waals surface area (Å²) in [6.07, 6.45) is 3.77. The lowest BCUT2D eigenvalue weighted by molar-refractivity contribution is -0.143. The van der Waals surface area contributed by atoms with Crippen molar-refractivity contribution in [3.05, 3.63) is 0 Å². The zero-order valence-electron chi connectivity index (χ0n) is 7.88. The second-order valence-electron chi connectivity index (χ2n) is 2.83. The molecule has 1 atom stereocenters. The Morgan fingerprint density at radius 3 is 2.58 bits per heavy atom. The fraction of sp³-hybridized carbons (Fsp3) is 0.889. The molecular formula is C9H18O2S. The minimum atomic E-state index is -0.230. The van der Waals surface area contributed by atoms with Gasteiger partial charge in [-0.05, 0) is 12.8 Å². The standard InChI is InChI=1S/C9H18O2S/c1-3-5-7-11-9(10)8(12)6-4-2/h8,12H,3-7H2,1-2H3. The first kappa shape index (κ1) is 11.8. The van der Waals surface area contributed by atoms with Crippen molar-refractivity contribution in [3.63, 3.8) is 0 Å². The number of hydrogen-bond acceptors (Lipinski definition) is 3. The molecule has 0 saturated heterocycles. The van der Waals surface area contributed by atoms with E-state index in [0.717, 1.165) is 25.7 Å². The third kappa shape index (κ3) is 5.47. The van der Waals surface area contributed by atoms with Gasteiger partial charge in [-0.1, -0.05) is 26.7 Å². The largest absolute Gasteiger partial charge is 0.465 e. The van der Waals surface area contributed by atoms with Crippen LogP contribution in [0.5, 0.6) is 0 Å². The van der Waals surface area contributed by atoms with Gasteiger partial charge in [0, 0.05) is 0 Å². The number of esters is 1. The molecule has 0 aliphatic rings. The van der Waals surface area contributed by atoms with Crippen molar-refractivity contribution in [3.8, 4) is 0 Å². The van der Waals surface area contributed by atoms with Crippen LogP contribution in [0.1, 0.15) is 39.5 Å². The molecule has 0 aliphatic carbocycles. The Kier molecular flexibility index (Phi) is 7.36. The molecule has 0 saturated carbocycles. The van der Waals surface area contributed by atoms with Gasteiger partial charge < -0.3 is 4.74 Å². The highest BCUT2D eigenvalue weighted by Crippen LogP contribution is 2.06. The molecule has 12 heavy (non-hydrogen) atoms. The fourth-order valence-corrected chi connectivity index (χ4v) is 1.14. The van der Waals surface area contributed by atoms with Crippen LogP contribution >= 0.6 is 12.6 Å². The first-order valence-corrected chi connectivity index (χ1v) is 5.08. The normalized spacial score (nSPS) is 12.6. The topological polar surface area (TPSA) is 26.3 Å². The zero-order chi connectivity index (χ0) is 9.40. The van der Waals surface area contributed by atoms with E-state index in [-0.39, 0.29) is 11.2 Å². The van der Waals surface area contributed by atoms with Crippen molar-refractivity contribution in [2.24, 2.45) is 0 Å². The molecule has 0 N–H and O–H groups in total. The van der Waals surface area contributed by atoms with Crippen molar-refractivity contribution in [1.82, 2.24) is 0 Å². The van der Waals surface area contributed by atoms with Crippen molar-refractivity contribution in [2.45, 2.75) is 44.8 Å². The molecular weight excluding hydrogens is 172 g/mol. The number of rotatable bonds is 6. The molecule has 0 aromatic carbocycles. The van der Waals surface area contributed by atoms with Gasteiger partial charge >= 0.3 is 5.97 Å². The molecule has 0 radical (unpaired) electrons. The molecule has 3 heteroatoms. The van der Waals surface area contributed by atoms with Crippen LogP contribution in [0.2, 0.25) is 0 Å². The van der Waals surface area contributed by atoms with Gasteiger partial charge in [-0.2, -0.15) is 12.6 Å². The van der Waals surface area contributed by atoms with Gasteiger partial charge in [-0.25, -0.2) is 0 Å². The quantitative estimate of drug-likeness (QED) is 0.395. The van der Waals surface area contributed by atoms with E-state index in [9.17, 15) is 4.79 Å². The van der Waals surface area contributed by atoms with E-state index in [4.69, 9.17) is 4.74 Å². The Balaban J connectivity index is 3.43. The second-order valence-corrected chi connectivity index (χ2v) is 3.45. The predicted octanol–water partition coefficient (Wildman–Crippen LogP) is 2.43. The molecule has 0 bridgehead atoms. The Labute approximate surface area is 80.1 Å². The van der Waals surface area contributed by atoms with E-state index in [0.29, 0.717) is 6.61 Å². The monoisotopic (exact) mass is 190 g/mol. The zero-order valence-corrected chi connectivity index (χ0v) is 8.77. The number of carbonyl (C=O) groups excluding carboxylic acids is 1. The average Bonchev–Trinajstić information content (AvgIpc) is 2.05. The van der Waals surface area contributed by atoms with E-state index >= 15 is 0 Å². The van der Waals surface area contributed by atoms with Crippen LogP contribution < -0.4 is 0 Å². The van der Waals surface area contributed by atoms with Crippen LogP contribution in [-0.2, 0) is 9.53 Å². The van der Waals surface area contributed by atoms with Crippen molar-refractivity contribution in [1.29, 1.82) is 0 Å². The second kappa shape index (κ2) is 7.47. The first-order valence-electron chi connectivity index (χ1n) is 4.57.